The summed E-state index contributed by atoms with van der Waals surface area (Å²) >= 11 is 0. The van der Waals surface area contributed by atoms with E-state index in [1.165, 1.54) is 11.1 Å². The summed E-state index contributed by atoms with van der Waals surface area (Å²) in [6, 6.07) is 6.51. The lowest BCUT2D eigenvalue weighted by Crippen LogP contribution is -2.13. The fourth-order valence-electron chi connectivity index (χ4n) is 2.37. The standard InChI is InChI=1S/C16H21NO2/c1-11-5-6-14(15-8-17-19-10-15)7-16(11)13(3)12(2)9-18-4/h5-8,10,12-13H,9H2,1-4H3/t12-,13?/m1/s1. The van der Waals surface area contributed by atoms with Gasteiger partial charge in [-0.25, -0.2) is 0 Å². The van der Waals surface area contributed by atoms with E-state index in [0.717, 1.165) is 17.7 Å². The highest BCUT2D eigenvalue weighted by Gasteiger charge is 2.17. The van der Waals surface area contributed by atoms with Gasteiger partial charge in [-0.2, -0.15) is 0 Å². The van der Waals surface area contributed by atoms with Crippen LogP contribution in [-0.4, -0.2) is 18.9 Å². The van der Waals surface area contributed by atoms with Crippen molar-refractivity contribution < 1.29 is 9.26 Å². The second-order valence-electron chi connectivity index (χ2n) is 5.21. The maximum atomic E-state index is 5.26. The second-order valence-corrected chi connectivity index (χ2v) is 5.21. The number of ether oxygens (including phenoxy) is 1. The van der Waals surface area contributed by atoms with Crippen LogP contribution in [0.15, 0.2) is 35.2 Å². The van der Waals surface area contributed by atoms with Crippen LogP contribution in [0, 0.1) is 12.8 Å². The topological polar surface area (TPSA) is 35.3 Å². The second kappa shape index (κ2) is 6.02. The summed E-state index contributed by atoms with van der Waals surface area (Å²) in [5.41, 5.74) is 4.85. The van der Waals surface area contributed by atoms with Crippen LogP contribution >= 0.6 is 0 Å². The van der Waals surface area contributed by atoms with Crippen LogP contribution in [0.3, 0.4) is 0 Å². The van der Waals surface area contributed by atoms with E-state index >= 15 is 0 Å². The highest BCUT2D eigenvalue weighted by molar-refractivity contribution is 5.63. The summed E-state index contributed by atoms with van der Waals surface area (Å²) < 4.78 is 10.2. The zero-order valence-electron chi connectivity index (χ0n) is 12.0. The number of rotatable bonds is 5. The molecule has 0 spiro atoms. The molecule has 2 rings (SSSR count). The third kappa shape index (κ3) is 3.04. The molecule has 1 aromatic carbocycles. The minimum Gasteiger partial charge on any atom is -0.384 e. The highest BCUT2D eigenvalue weighted by atomic mass is 16.5. The van der Waals surface area contributed by atoms with Gasteiger partial charge in [0, 0.05) is 19.3 Å². The molecule has 3 nitrogen and oxygen atoms in total. The Bertz CT molecular complexity index is 520. The Labute approximate surface area is 114 Å². The average molecular weight is 259 g/mol. The van der Waals surface area contributed by atoms with Crippen LogP contribution in [-0.2, 0) is 4.74 Å². The van der Waals surface area contributed by atoms with Gasteiger partial charge in [0.25, 0.3) is 0 Å². The highest BCUT2D eigenvalue weighted by Crippen LogP contribution is 2.31. The van der Waals surface area contributed by atoms with Crippen molar-refractivity contribution in [1.82, 2.24) is 5.16 Å². The van der Waals surface area contributed by atoms with Gasteiger partial charge in [-0.05, 0) is 35.4 Å². The van der Waals surface area contributed by atoms with Crippen molar-refractivity contribution in [3.8, 4) is 11.1 Å². The molecule has 2 atom stereocenters. The minimum absolute atomic E-state index is 0.458. The molecule has 1 heterocycles. The lowest BCUT2D eigenvalue weighted by Gasteiger charge is -2.22. The maximum absolute atomic E-state index is 5.26. The Balaban J connectivity index is 2.32. The molecule has 0 saturated heterocycles. The number of aryl methyl sites for hydroxylation is 1. The number of methoxy groups -OCH3 is 1. The molecule has 0 fully saturated rings. The largest absolute Gasteiger partial charge is 0.384 e. The molecule has 3 heteroatoms. The molecule has 0 amide bonds. The fourth-order valence-corrected chi connectivity index (χ4v) is 2.37. The molecule has 0 aliphatic carbocycles. The first kappa shape index (κ1) is 13.8. The number of hydrogen-bond acceptors (Lipinski definition) is 3. The van der Waals surface area contributed by atoms with Crippen molar-refractivity contribution in [2.75, 3.05) is 13.7 Å². The van der Waals surface area contributed by atoms with Crippen molar-refractivity contribution >= 4 is 0 Å². The van der Waals surface area contributed by atoms with E-state index in [2.05, 4.69) is 44.1 Å². The van der Waals surface area contributed by atoms with E-state index in [-0.39, 0.29) is 0 Å². The lowest BCUT2D eigenvalue weighted by atomic mass is 9.85. The van der Waals surface area contributed by atoms with Gasteiger partial charge >= 0.3 is 0 Å². The van der Waals surface area contributed by atoms with Gasteiger partial charge in [0.2, 0.25) is 0 Å². The summed E-state index contributed by atoms with van der Waals surface area (Å²) in [5.74, 6) is 0.946. The molecular formula is C16H21NO2. The average Bonchev–Trinajstić information content (AvgIpc) is 2.93. The van der Waals surface area contributed by atoms with Gasteiger partial charge in [0.15, 0.2) is 0 Å². The quantitative estimate of drug-likeness (QED) is 0.813. The molecule has 0 N–H and O–H groups in total. The fraction of sp³-hybridized carbons (Fsp3) is 0.438. The number of nitrogens with zero attached hydrogens (tertiary/aromatic N) is 1. The van der Waals surface area contributed by atoms with Crippen molar-refractivity contribution in [3.63, 3.8) is 0 Å². The molecule has 1 aromatic heterocycles. The molecule has 0 bridgehead atoms. The van der Waals surface area contributed by atoms with E-state index < -0.39 is 0 Å². The van der Waals surface area contributed by atoms with Crippen LogP contribution < -0.4 is 0 Å². The van der Waals surface area contributed by atoms with E-state index in [9.17, 15) is 0 Å². The van der Waals surface area contributed by atoms with E-state index in [1.54, 1.807) is 19.6 Å². The van der Waals surface area contributed by atoms with E-state index in [4.69, 9.17) is 9.26 Å². The van der Waals surface area contributed by atoms with Crippen LogP contribution in [0.25, 0.3) is 11.1 Å². The van der Waals surface area contributed by atoms with Crippen LogP contribution in [0.2, 0.25) is 0 Å². The smallest absolute Gasteiger partial charge is 0.131 e. The Morgan fingerprint density at radius 3 is 2.68 bits per heavy atom. The van der Waals surface area contributed by atoms with Crippen molar-refractivity contribution in [1.29, 1.82) is 0 Å². The lowest BCUT2D eigenvalue weighted by molar-refractivity contribution is 0.149. The van der Waals surface area contributed by atoms with Crippen molar-refractivity contribution in [3.05, 3.63) is 41.8 Å². The Hall–Kier alpha value is -1.61. The Kier molecular flexibility index (Phi) is 4.38. The monoisotopic (exact) mass is 259 g/mol. The van der Waals surface area contributed by atoms with Crippen LogP contribution in [0.5, 0.6) is 0 Å². The van der Waals surface area contributed by atoms with Gasteiger partial charge in [-0.3, -0.25) is 0 Å². The van der Waals surface area contributed by atoms with Crippen molar-refractivity contribution in [2.24, 2.45) is 5.92 Å². The molecular weight excluding hydrogens is 238 g/mol. The van der Waals surface area contributed by atoms with E-state index in [1.807, 2.05) is 0 Å². The molecule has 0 saturated carbocycles. The van der Waals surface area contributed by atoms with Gasteiger partial charge in [-0.15, -0.1) is 0 Å². The zero-order valence-corrected chi connectivity index (χ0v) is 12.0. The third-order valence-corrected chi connectivity index (χ3v) is 3.82. The molecule has 1 unspecified atom stereocenters. The normalized spacial score (nSPS) is 14.3. The van der Waals surface area contributed by atoms with E-state index in [0.29, 0.717) is 11.8 Å². The number of benzene rings is 1. The Morgan fingerprint density at radius 2 is 2.05 bits per heavy atom. The predicted molar refractivity (Wildman–Crippen MR) is 76.1 cm³/mol. The van der Waals surface area contributed by atoms with Gasteiger partial charge in [0.1, 0.15) is 6.26 Å². The zero-order chi connectivity index (χ0) is 13.8. The SMILES string of the molecule is COC[C@@H](C)C(C)c1cc(-c2cnoc2)ccc1C. The summed E-state index contributed by atoms with van der Waals surface area (Å²) in [5, 5.41) is 3.77. The summed E-state index contributed by atoms with van der Waals surface area (Å²) in [7, 11) is 1.75. The molecule has 0 aliphatic heterocycles. The summed E-state index contributed by atoms with van der Waals surface area (Å²) in [4.78, 5) is 0. The Morgan fingerprint density at radius 1 is 1.26 bits per heavy atom. The summed E-state index contributed by atoms with van der Waals surface area (Å²) in [6.07, 6.45) is 3.43. The molecule has 2 aromatic rings. The molecule has 0 radical (unpaired) electrons. The van der Waals surface area contributed by atoms with Gasteiger partial charge < -0.3 is 9.26 Å². The van der Waals surface area contributed by atoms with Crippen LogP contribution in [0.4, 0.5) is 0 Å². The maximum Gasteiger partial charge on any atom is 0.131 e. The third-order valence-electron chi connectivity index (χ3n) is 3.82. The van der Waals surface area contributed by atoms with Crippen LogP contribution in [0.1, 0.15) is 30.9 Å². The molecule has 102 valence electrons. The molecule has 19 heavy (non-hydrogen) atoms. The molecule has 0 aliphatic rings. The van der Waals surface area contributed by atoms with Gasteiger partial charge in [0.05, 0.1) is 6.20 Å². The van der Waals surface area contributed by atoms with Gasteiger partial charge in [-0.1, -0.05) is 37.2 Å². The first-order valence-electron chi connectivity index (χ1n) is 6.62. The van der Waals surface area contributed by atoms with Crippen molar-refractivity contribution in [2.45, 2.75) is 26.7 Å². The first-order chi connectivity index (χ1) is 9.13. The summed E-state index contributed by atoms with van der Waals surface area (Å²) in [6.45, 7) is 7.41. The first-order valence-corrected chi connectivity index (χ1v) is 6.62. The predicted octanol–water partition coefficient (Wildman–Crippen LogP) is 4.04. The minimum atomic E-state index is 0.458. The number of hydrogen-bond donors (Lipinski definition) is 0. The number of aromatic nitrogens is 1.